The molecule has 0 unspecified atom stereocenters. The van der Waals surface area contributed by atoms with Crippen LogP contribution in [0, 0.1) is 5.92 Å². The number of ether oxygens (including phenoxy) is 2. The fraction of sp³-hybridized carbons (Fsp3) is 0.909. The van der Waals surface area contributed by atoms with Gasteiger partial charge in [-0.25, -0.2) is 0 Å². The van der Waals surface area contributed by atoms with Crippen molar-refractivity contribution in [3.8, 4) is 0 Å². The average molecular weight is 227 g/mol. The van der Waals surface area contributed by atoms with Gasteiger partial charge in [-0.2, -0.15) is 0 Å². The third-order valence-corrected chi connectivity index (χ3v) is 1.72. The fourth-order valence-corrected chi connectivity index (χ4v) is 0.958. The highest BCUT2D eigenvalue weighted by Gasteiger charge is 2.13. The Labute approximate surface area is 99.5 Å². The predicted molar refractivity (Wildman–Crippen MR) is 64.4 cm³/mol. The zero-order valence-corrected chi connectivity index (χ0v) is 10.7. The second-order valence-electron chi connectivity index (χ2n) is 4.37. The summed E-state index contributed by atoms with van der Waals surface area (Å²) in [4.78, 5) is 11.1. The molecule has 5 heteroatoms. The number of carbonyl (C=O) groups excluding carboxylic acids is 1. The molecule has 0 fully saturated rings. The van der Waals surface area contributed by atoms with Crippen LogP contribution in [0.15, 0.2) is 0 Å². The number of hydrogen-bond donors (Lipinski definition) is 1. The molecule has 0 aromatic heterocycles. The van der Waals surface area contributed by atoms with E-state index in [0.717, 1.165) is 0 Å². The first-order chi connectivity index (χ1) is 7.45. The van der Waals surface area contributed by atoms with Crippen molar-refractivity contribution >= 4 is 13.8 Å². The second kappa shape index (κ2) is 8.59. The molecule has 0 rings (SSSR count). The van der Waals surface area contributed by atoms with Crippen molar-refractivity contribution in [1.29, 1.82) is 0 Å². The van der Waals surface area contributed by atoms with E-state index in [1.165, 1.54) is 0 Å². The maximum absolute atomic E-state index is 11.1. The molecule has 1 N–H and O–H groups in total. The quantitative estimate of drug-likeness (QED) is 0.499. The van der Waals surface area contributed by atoms with Gasteiger partial charge < -0.3 is 14.8 Å². The van der Waals surface area contributed by atoms with Crippen molar-refractivity contribution in [2.75, 3.05) is 13.2 Å². The van der Waals surface area contributed by atoms with Crippen molar-refractivity contribution in [2.24, 2.45) is 5.92 Å². The summed E-state index contributed by atoms with van der Waals surface area (Å²) in [6, 6.07) is 0. The zero-order valence-electron chi connectivity index (χ0n) is 10.7. The molecule has 4 nitrogen and oxygen atoms in total. The monoisotopic (exact) mass is 227 g/mol. The molecule has 0 aliphatic carbocycles. The molecule has 0 aromatic rings. The SMILES string of the molecule is [B]CC(=O)N[C@@H](COC(C)C)OCC(C)C. The van der Waals surface area contributed by atoms with Crippen LogP contribution in [0.3, 0.4) is 0 Å². The molecule has 0 saturated heterocycles. The Morgan fingerprint density at radius 3 is 2.25 bits per heavy atom. The van der Waals surface area contributed by atoms with Gasteiger partial charge in [-0.05, 0) is 26.1 Å². The third kappa shape index (κ3) is 8.74. The van der Waals surface area contributed by atoms with Gasteiger partial charge in [0.05, 0.1) is 27.2 Å². The Morgan fingerprint density at radius 2 is 1.81 bits per heavy atom. The summed E-state index contributed by atoms with van der Waals surface area (Å²) in [6.07, 6.45) is -0.343. The van der Waals surface area contributed by atoms with Crippen LogP contribution in [0.4, 0.5) is 0 Å². The maximum Gasteiger partial charge on any atom is 0.213 e. The number of amides is 1. The zero-order chi connectivity index (χ0) is 12.6. The first-order valence-corrected chi connectivity index (χ1v) is 5.68. The molecule has 2 radical (unpaired) electrons. The summed E-state index contributed by atoms with van der Waals surface area (Å²) in [7, 11) is 5.22. The Bertz CT molecular complexity index is 186. The van der Waals surface area contributed by atoms with Gasteiger partial charge in [0.2, 0.25) is 5.91 Å². The molecule has 0 aliphatic rings. The van der Waals surface area contributed by atoms with Crippen LogP contribution in [-0.4, -0.2) is 39.3 Å². The lowest BCUT2D eigenvalue weighted by atomic mass is 10.1. The van der Waals surface area contributed by atoms with Crippen LogP contribution in [0.5, 0.6) is 0 Å². The molecule has 0 aliphatic heterocycles. The lowest BCUT2D eigenvalue weighted by molar-refractivity contribution is -0.127. The van der Waals surface area contributed by atoms with Gasteiger partial charge in [-0.3, -0.25) is 4.79 Å². The van der Waals surface area contributed by atoms with Crippen molar-refractivity contribution in [1.82, 2.24) is 5.32 Å². The van der Waals surface area contributed by atoms with Crippen molar-refractivity contribution in [3.63, 3.8) is 0 Å². The Hall–Kier alpha value is -0.545. The number of rotatable bonds is 8. The first-order valence-electron chi connectivity index (χ1n) is 5.68. The third-order valence-electron chi connectivity index (χ3n) is 1.72. The Kier molecular flexibility index (Phi) is 8.30. The molecule has 1 atom stereocenters. The lowest BCUT2D eigenvalue weighted by Gasteiger charge is -2.21. The molecular weight excluding hydrogens is 205 g/mol. The van der Waals surface area contributed by atoms with E-state index in [2.05, 4.69) is 5.32 Å². The van der Waals surface area contributed by atoms with Crippen LogP contribution < -0.4 is 5.32 Å². The fourth-order valence-electron chi connectivity index (χ4n) is 0.958. The van der Waals surface area contributed by atoms with Gasteiger partial charge in [-0.1, -0.05) is 13.8 Å². The molecule has 16 heavy (non-hydrogen) atoms. The average Bonchev–Trinajstić information content (AvgIpc) is 2.21. The van der Waals surface area contributed by atoms with Crippen LogP contribution in [-0.2, 0) is 14.3 Å². The van der Waals surface area contributed by atoms with Crippen LogP contribution in [0.25, 0.3) is 0 Å². The molecular formula is C11H22BNO3. The van der Waals surface area contributed by atoms with E-state index in [9.17, 15) is 4.79 Å². The van der Waals surface area contributed by atoms with Crippen molar-refractivity contribution in [2.45, 2.75) is 46.3 Å². The molecule has 0 heterocycles. The minimum Gasteiger partial charge on any atom is -0.374 e. The molecule has 0 saturated carbocycles. The minimum absolute atomic E-state index is 0.0385. The molecule has 92 valence electrons. The highest BCUT2D eigenvalue weighted by molar-refractivity contribution is 6.19. The van der Waals surface area contributed by atoms with Gasteiger partial charge in [-0.15, -0.1) is 0 Å². The Morgan fingerprint density at radius 1 is 1.19 bits per heavy atom. The van der Waals surface area contributed by atoms with Crippen molar-refractivity contribution < 1.29 is 14.3 Å². The van der Waals surface area contributed by atoms with Crippen molar-refractivity contribution in [3.05, 3.63) is 0 Å². The molecule has 0 aromatic carbocycles. The molecule has 0 bridgehead atoms. The van der Waals surface area contributed by atoms with E-state index in [1.807, 2.05) is 27.7 Å². The van der Waals surface area contributed by atoms with Gasteiger partial charge in [0.15, 0.2) is 6.23 Å². The Balaban J connectivity index is 3.99. The summed E-state index contributed by atoms with van der Waals surface area (Å²) in [5.74, 6) is 0.178. The van der Waals surface area contributed by atoms with E-state index in [1.54, 1.807) is 0 Å². The van der Waals surface area contributed by atoms with Gasteiger partial charge in [0.25, 0.3) is 0 Å². The van der Waals surface area contributed by atoms with E-state index in [0.29, 0.717) is 19.1 Å². The highest BCUT2D eigenvalue weighted by atomic mass is 16.5. The first kappa shape index (κ1) is 15.5. The predicted octanol–water partition coefficient (Wildman–Crippen LogP) is 1.11. The summed E-state index contributed by atoms with van der Waals surface area (Å²) in [6.45, 7) is 8.89. The minimum atomic E-state index is -0.416. The summed E-state index contributed by atoms with van der Waals surface area (Å²) < 4.78 is 10.9. The van der Waals surface area contributed by atoms with Gasteiger partial charge in [0, 0.05) is 0 Å². The van der Waals surface area contributed by atoms with Gasteiger partial charge >= 0.3 is 0 Å². The van der Waals surface area contributed by atoms with Crippen LogP contribution in [0.2, 0.25) is 6.32 Å². The van der Waals surface area contributed by atoms with Crippen LogP contribution >= 0.6 is 0 Å². The molecule has 1 amide bonds. The highest BCUT2D eigenvalue weighted by Crippen LogP contribution is 1.99. The summed E-state index contributed by atoms with van der Waals surface area (Å²) in [5, 5.41) is 2.67. The van der Waals surface area contributed by atoms with Crippen LogP contribution in [0.1, 0.15) is 27.7 Å². The van der Waals surface area contributed by atoms with E-state index >= 15 is 0 Å². The van der Waals surface area contributed by atoms with E-state index < -0.39 is 6.23 Å². The maximum atomic E-state index is 11.1. The largest absolute Gasteiger partial charge is 0.374 e. The smallest absolute Gasteiger partial charge is 0.213 e. The normalized spacial score (nSPS) is 13.1. The van der Waals surface area contributed by atoms with Gasteiger partial charge in [0.1, 0.15) is 0 Å². The second-order valence-corrected chi connectivity index (χ2v) is 4.37. The number of nitrogens with one attached hydrogen (secondary N) is 1. The summed E-state index contributed by atoms with van der Waals surface area (Å²) in [5.41, 5.74) is 0. The molecule has 0 spiro atoms. The standard InChI is InChI=1S/C11H22BNO3/c1-8(2)6-16-11(7-15-9(3)4)13-10(14)5-12/h8-9,11H,5-7H2,1-4H3,(H,13,14)/t11-/m1/s1. The lowest BCUT2D eigenvalue weighted by Crippen LogP contribution is -2.41. The number of hydrogen-bond acceptors (Lipinski definition) is 3. The number of carbonyl (C=O) groups is 1. The van der Waals surface area contributed by atoms with E-state index in [4.69, 9.17) is 17.3 Å². The summed E-state index contributed by atoms with van der Waals surface area (Å²) >= 11 is 0. The topological polar surface area (TPSA) is 47.6 Å². The van der Waals surface area contributed by atoms with E-state index in [-0.39, 0.29) is 18.3 Å².